The Bertz CT molecular complexity index is 1130. The number of fused-ring (bicyclic) bond motifs is 1. The molecule has 0 aliphatic rings. The van der Waals surface area contributed by atoms with Crippen LogP contribution in [0.5, 0.6) is 0 Å². The average Bonchev–Trinajstić information content (AvgIpc) is 2.88. The zero-order valence-electron chi connectivity index (χ0n) is 14.3. The predicted octanol–water partition coefficient (Wildman–Crippen LogP) is 3.03. The van der Waals surface area contributed by atoms with E-state index in [2.05, 4.69) is 15.6 Å². The minimum absolute atomic E-state index is 0.189. The number of amides is 2. The summed E-state index contributed by atoms with van der Waals surface area (Å²) in [4.78, 5) is 27.1. The Morgan fingerprint density at radius 3 is 2.38 bits per heavy atom. The van der Waals surface area contributed by atoms with Crippen molar-refractivity contribution in [3.8, 4) is 0 Å². The van der Waals surface area contributed by atoms with Crippen LogP contribution in [-0.2, 0) is 16.3 Å². The summed E-state index contributed by atoms with van der Waals surface area (Å²) in [5.41, 5.74) is 2.29. The molecule has 0 spiro atoms. The van der Waals surface area contributed by atoms with E-state index >= 15 is 0 Å². The minimum atomic E-state index is -2.78. The Hall–Kier alpha value is -3.07. The second kappa shape index (κ2) is 6.68. The standard InChI is InChI=1S/C17H19N5O3S/c1-3-22-15-9-6-12(10-14(15)21-17(22)24)20-16(23)19-11-4-7-13(8-5-11)26(2,18)25/h4-10,18H,3H2,1-2H3,(H,21,24)(H2,19,20,23). The van der Waals surface area contributed by atoms with Crippen molar-refractivity contribution in [2.75, 3.05) is 16.9 Å². The van der Waals surface area contributed by atoms with E-state index in [1.807, 2.05) is 6.92 Å². The van der Waals surface area contributed by atoms with Crippen molar-refractivity contribution in [2.45, 2.75) is 18.4 Å². The van der Waals surface area contributed by atoms with E-state index in [9.17, 15) is 13.8 Å². The number of rotatable bonds is 4. The number of nitrogens with one attached hydrogen (secondary N) is 4. The third-order valence-electron chi connectivity index (χ3n) is 3.91. The molecule has 8 nitrogen and oxygen atoms in total. The number of carbonyl (C=O) groups is 1. The third-order valence-corrected chi connectivity index (χ3v) is 5.08. The van der Waals surface area contributed by atoms with Crippen LogP contribution in [0.2, 0.25) is 0 Å². The number of aryl methyl sites for hydroxylation is 1. The maximum Gasteiger partial charge on any atom is 0.326 e. The van der Waals surface area contributed by atoms with Gasteiger partial charge in [0.1, 0.15) is 0 Å². The number of carbonyl (C=O) groups excluding carboxylic acids is 1. The fourth-order valence-corrected chi connectivity index (χ4v) is 3.30. The fraction of sp³-hybridized carbons (Fsp3) is 0.176. The zero-order chi connectivity index (χ0) is 18.9. The monoisotopic (exact) mass is 373 g/mol. The van der Waals surface area contributed by atoms with Gasteiger partial charge >= 0.3 is 11.7 Å². The minimum Gasteiger partial charge on any atom is -0.308 e. The van der Waals surface area contributed by atoms with Crippen molar-refractivity contribution < 1.29 is 9.00 Å². The van der Waals surface area contributed by atoms with Gasteiger partial charge in [-0.15, -0.1) is 0 Å². The highest BCUT2D eigenvalue weighted by Crippen LogP contribution is 2.18. The van der Waals surface area contributed by atoms with Gasteiger partial charge in [0.15, 0.2) is 0 Å². The van der Waals surface area contributed by atoms with Gasteiger partial charge in [-0.05, 0) is 49.4 Å². The Labute approximate surface area is 150 Å². The second-order valence-corrected chi connectivity index (χ2v) is 8.01. The first-order chi connectivity index (χ1) is 12.3. The molecule has 0 fully saturated rings. The van der Waals surface area contributed by atoms with Crippen LogP contribution in [0.4, 0.5) is 16.2 Å². The number of hydrogen-bond donors (Lipinski definition) is 4. The molecule has 1 aromatic heterocycles. The predicted molar refractivity (Wildman–Crippen MR) is 102 cm³/mol. The lowest BCUT2D eigenvalue weighted by molar-refractivity contribution is 0.262. The van der Waals surface area contributed by atoms with Gasteiger partial charge in [-0.1, -0.05) is 0 Å². The van der Waals surface area contributed by atoms with Crippen LogP contribution in [0.15, 0.2) is 52.2 Å². The van der Waals surface area contributed by atoms with Crippen molar-refractivity contribution in [3.63, 3.8) is 0 Å². The number of hydrogen-bond acceptors (Lipinski definition) is 4. The van der Waals surface area contributed by atoms with Crippen LogP contribution in [-0.4, -0.2) is 26.0 Å². The van der Waals surface area contributed by atoms with Crippen LogP contribution in [0, 0.1) is 4.78 Å². The topological polar surface area (TPSA) is 120 Å². The van der Waals surface area contributed by atoms with Crippen LogP contribution < -0.4 is 16.3 Å². The van der Waals surface area contributed by atoms with E-state index in [1.54, 1.807) is 47.0 Å². The molecular weight excluding hydrogens is 354 g/mol. The molecular formula is C17H19N5O3S. The number of aromatic amines is 1. The summed E-state index contributed by atoms with van der Waals surface area (Å²) in [5, 5.41) is 5.36. The smallest absolute Gasteiger partial charge is 0.308 e. The number of H-pyrrole nitrogens is 1. The Morgan fingerprint density at radius 2 is 1.77 bits per heavy atom. The summed E-state index contributed by atoms with van der Waals surface area (Å²) in [7, 11) is -2.78. The lowest BCUT2D eigenvalue weighted by Gasteiger charge is -2.09. The maximum absolute atomic E-state index is 12.1. The van der Waals surface area contributed by atoms with Crippen LogP contribution in [0.25, 0.3) is 11.0 Å². The van der Waals surface area contributed by atoms with Gasteiger partial charge < -0.3 is 15.6 Å². The van der Waals surface area contributed by atoms with Gasteiger partial charge in [-0.2, -0.15) is 0 Å². The highest BCUT2D eigenvalue weighted by atomic mass is 32.2. The molecule has 3 aromatic rings. The van der Waals surface area contributed by atoms with Gasteiger partial charge in [-0.3, -0.25) is 4.57 Å². The molecule has 26 heavy (non-hydrogen) atoms. The van der Waals surface area contributed by atoms with Gasteiger partial charge in [0, 0.05) is 29.1 Å². The van der Waals surface area contributed by atoms with Crippen LogP contribution >= 0.6 is 0 Å². The van der Waals surface area contributed by atoms with Crippen molar-refractivity contribution in [3.05, 3.63) is 52.9 Å². The molecule has 2 amide bonds. The number of urea groups is 1. The Kier molecular flexibility index (Phi) is 4.56. The molecule has 1 unspecified atom stereocenters. The lowest BCUT2D eigenvalue weighted by atomic mass is 10.2. The van der Waals surface area contributed by atoms with Gasteiger partial charge in [0.05, 0.1) is 20.8 Å². The van der Waals surface area contributed by atoms with Gasteiger partial charge in [0.2, 0.25) is 0 Å². The highest BCUT2D eigenvalue weighted by molar-refractivity contribution is 7.91. The molecule has 9 heteroatoms. The summed E-state index contributed by atoms with van der Waals surface area (Å²) >= 11 is 0. The van der Waals surface area contributed by atoms with Crippen LogP contribution in [0.1, 0.15) is 6.92 Å². The summed E-state index contributed by atoms with van der Waals surface area (Å²) in [6, 6.07) is 11.0. The first-order valence-electron chi connectivity index (χ1n) is 7.92. The normalized spacial score (nSPS) is 13.3. The summed E-state index contributed by atoms with van der Waals surface area (Å²) in [6.07, 6.45) is 1.34. The number of benzene rings is 2. The van der Waals surface area contributed by atoms with E-state index in [4.69, 9.17) is 4.78 Å². The van der Waals surface area contributed by atoms with E-state index in [1.165, 1.54) is 6.26 Å². The summed E-state index contributed by atoms with van der Waals surface area (Å²) in [5.74, 6) is 0. The Balaban J connectivity index is 1.74. The van der Waals surface area contributed by atoms with Crippen molar-refractivity contribution >= 4 is 38.2 Å². The molecule has 1 heterocycles. The molecule has 0 saturated heterocycles. The molecule has 1 atom stereocenters. The molecule has 136 valence electrons. The summed E-state index contributed by atoms with van der Waals surface area (Å²) < 4.78 is 20.8. The molecule has 0 bridgehead atoms. The molecule has 0 aliphatic carbocycles. The number of anilines is 2. The number of imidazole rings is 1. The first kappa shape index (κ1) is 17.7. The molecule has 3 rings (SSSR count). The van der Waals surface area contributed by atoms with E-state index < -0.39 is 15.8 Å². The van der Waals surface area contributed by atoms with Crippen molar-refractivity contribution in [1.82, 2.24) is 9.55 Å². The first-order valence-corrected chi connectivity index (χ1v) is 9.89. The highest BCUT2D eigenvalue weighted by Gasteiger charge is 2.08. The SMILES string of the molecule is CCn1c(=O)[nH]c2cc(NC(=O)Nc3ccc(S(C)(=N)=O)cc3)ccc21. The average molecular weight is 373 g/mol. The zero-order valence-corrected chi connectivity index (χ0v) is 15.1. The van der Waals surface area contributed by atoms with Crippen LogP contribution in [0.3, 0.4) is 0 Å². The Morgan fingerprint density at radius 1 is 1.15 bits per heavy atom. The van der Waals surface area contributed by atoms with Crippen molar-refractivity contribution in [2.24, 2.45) is 0 Å². The lowest BCUT2D eigenvalue weighted by Crippen LogP contribution is -2.19. The fourth-order valence-electron chi connectivity index (χ4n) is 2.65. The van der Waals surface area contributed by atoms with E-state index in [0.717, 1.165) is 5.52 Å². The molecule has 4 N–H and O–H groups in total. The van der Waals surface area contributed by atoms with Gasteiger partial charge in [-0.25, -0.2) is 18.6 Å². The molecule has 0 saturated carbocycles. The molecule has 0 aliphatic heterocycles. The van der Waals surface area contributed by atoms with E-state index in [0.29, 0.717) is 28.3 Å². The number of nitrogens with zero attached hydrogens (tertiary/aromatic N) is 1. The maximum atomic E-state index is 12.1. The molecule has 2 aromatic carbocycles. The molecule has 0 radical (unpaired) electrons. The van der Waals surface area contributed by atoms with Gasteiger partial charge in [0.25, 0.3) is 0 Å². The third kappa shape index (κ3) is 3.62. The second-order valence-electron chi connectivity index (χ2n) is 5.85. The quantitative estimate of drug-likeness (QED) is 0.562. The van der Waals surface area contributed by atoms with E-state index in [-0.39, 0.29) is 5.69 Å². The summed E-state index contributed by atoms with van der Waals surface area (Å²) in [6.45, 7) is 2.45. The largest absolute Gasteiger partial charge is 0.326 e. The van der Waals surface area contributed by atoms with Crippen molar-refractivity contribution in [1.29, 1.82) is 4.78 Å². The number of aromatic nitrogens is 2.